The molecule has 0 saturated heterocycles. The number of rotatable bonds is 5. The van der Waals surface area contributed by atoms with Crippen molar-refractivity contribution in [2.75, 3.05) is 6.61 Å². The maximum atomic E-state index is 5.84. The number of para-hydroxylation sites is 1. The van der Waals surface area contributed by atoms with Gasteiger partial charge in [-0.3, -0.25) is 0 Å². The molecule has 0 fully saturated rings. The van der Waals surface area contributed by atoms with Crippen LogP contribution >= 0.6 is 0 Å². The Kier molecular flexibility index (Phi) is 4.60. The average Bonchev–Trinajstić information content (AvgIpc) is 2.45. The molecule has 2 aromatic rings. The predicted octanol–water partition coefficient (Wildman–Crippen LogP) is 4.70. The fourth-order valence-electron chi connectivity index (χ4n) is 1.85. The maximum Gasteiger partial charge on any atom is 0.127 e. The van der Waals surface area contributed by atoms with Crippen LogP contribution < -0.4 is 4.74 Å². The Morgan fingerprint density at radius 2 is 1.67 bits per heavy atom. The van der Waals surface area contributed by atoms with Crippen LogP contribution in [0.3, 0.4) is 0 Å². The Morgan fingerprint density at radius 1 is 0.944 bits per heavy atom. The summed E-state index contributed by atoms with van der Waals surface area (Å²) in [5.74, 6) is 0.952. The quantitative estimate of drug-likeness (QED) is 0.542. The minimum atomic E-state index is 0.716. The topological polar surface area (TPSA) is 9.23 Å². The molecule has 0 aliphatic rings. The molecule has 0 atom stereocenters. The second kappa shape index (κ2) is 6.65. The first-order valence-corrected chi connectivity index (χ1v) is 6.30. The second-order valence-corrected chi connectivity index (χ2v) is 4.07. The molecule has 2 rings (SSSR count). The van der Waals surface area contributed by atoms with Crippen LogP contribution in [0.1, 0.15) is 13.3 Å². The highest BCUT2D eigenvalue weighted by Gasteiger charge is 2.04. The number of hydrogen-bond donors (Lipinski definition) is 0. The van der Waals surface area contributed by atoms with E-state index in [1.807, 2.05) is 49.4 Å². The summed E-state index contributed by atoms with van der Waals surface area (Å²) in [6.45, 7) is 2.74. The van der Waals surface area contributed by atoms with Crippen LogP contribution in [0.2, 0.25) is 0 Å². The Hall–Kier alpha value is -2.02. The van der Waals surface area contributed by atoms with Gasteiger partial charge in [0.25, 0.3) is 0 Å². The van der Waals surface area contributed by atoms with Gasteiger partial charge in [-0.15, -0.1) is 0 Å². The lowest BCUT2D eigenvalue weighted by atomic mass is 10.1. The summed E-state index contributed by atoms with van der Waals surface area (Å²) in [6.07, 6.45) is 5.11. The van der Waals surface area contributed by atoms with Gasteiger partial charge in [-0.1, -0.05) is 60.7 Å². The van der Waals surface area contributed by atoms with Crippen LogP contribution in [-0.4, -0.2) is 6.61 Å². The van der Waals surface area contributed by atoms with Crippen LogP contribution in [0.5, 0.6) is 5.75 Å². The van der Waals surface area contributed by atoms with Crippen molar-refractivity contribution in [2.45, 2.75) is 13.3 Å². The van der Waals surface area contributed by atoms with Gasteiger partial charge in [0.15, 0.2) is 0 Å². The van der Waals surface area contributed by atoms with Crippen molar-refractivity contribution in [1.82, 2.24) is 0 Å². The zero-order chi connectivity index (χ0) is 12.6. The van der Waals surface area contributed by atoms with Crippen molar-refractivity contribution in [3.05, 3.63) is 66.7 Å². The lowest BCUT2D eigenvalue weighted by Gasteiger charge is -2.10. The van der Waals surface area contributed by atoms with Crippen molar-refractivity contribution < 1.29 is 4.74 Å². The number of allylic oxidation sites excluding steroid dienone is 1. The first-order chi connectivity index (χ1) is 8.92. The zero-order valence-electron chi connectivity index (χ0n) is 10.7. The Bertz CT molecular complexity index is 500. The fourth-order valence-corrected chi connectivity index (χ4v) is 1.85. The molecule has 0 aliphatic heterocycles. The molecule has 0 N–H and O–H groups in total. The molecule has 0 heterocycles. The fraction of sp³-hybridized carbons (Fsp3) is 0.176. The number of hydrogen-bond acceptors (Lipinski definition) is 1. The van der Waals surface area contributed by atoms with Crippen molar-refractivity contribution in [2.24, 2.45) is 0 Å². The summed E-state index contributed by atoms with van der Waals surface area (Å²) in [5, 5.41) is 0. The average molecular weight is 238 g/mol. The van der Waals surface area contributed by atoms with Crippen molar-refractivity contribution >= 4 is 0 Å². The molecule has 92 valence electrons. The monoisotopic (exact) mass is 238 g/mol. The molecule has 1 heteroatoms. The third-order valence-corrected chi connectivity index (χ3v) is 2.75. The summed E-state index contributed by atoms with van der Waals surface area (Å²) in [5.41, 5.74) is 2.35. The summed E-state index contributed by atoms with van der Waals surface area (Å²) in [4.78, 5) is 0. The summed E-state index contributed by atoms with van der Waals surface area (Å²) >= 11 is 0. The molecule has 0 aromatic heterocycles. The van der Waals surface area contributed by atoms with Crippen LogP contribution in [0.25, 0.3) is 11.1 Å². The third-order valence-electron chi connectivity index (χ3n) is 2.75. The Labute approximate surface area is 109 Å². The first kappa shape index (κ1) is 12.4. The molecular formula is C17H18O. The van der Waals surface area contributed by atoms with Crippen LogP contribution in [0, 0.1) is 0 Å². The minimum Gasteiger partial charge on any atom is -0.493 e. The van der Waals surface area contributed by atoms with Crippen LogP contribution in [-0.2, 0) is 0 Å². The van der Waals surface area contributed by atoms with E-state index >= 15 is 0 Å². The number of ether oxygens (including phenoxy) is 1. The van der Waals surface area contributed by atoms with Gasteiger partial charge < -0.3 is 4.74 Å². The smallest absolute Gasteiger partial charge is 0.127 e. The second-order valence-electron chi connectivity index (χ2n) is 4.07. The number of benzene rings is 2. The van der Waals surface area contributed by atoms with E-state index in [1.165, 1.54) is 5.56 Å². The van der Waals surface area contributed by atoms with E-state index in [-0.39, 0.29) is 0 Å². The van der Waals surface area contributed by atoms with E-state index in [9.17, 15) is 0 Å². The van der Waals surface area contributed by atoms with Gasteiger partial charge in [0.1, 0.15) is 5.75 Å². The molecule has 0 spiro atoms. The molecule has 0 unspecified atom stereocenters. The molecule has 0 radical (unpaired) electrons. The van der Waals surface area contributed by atoms with Gasteiger partial charge in [-0.05, 0) is 25.0 Å². The van der Waals surface area contributed by atoms with Crippen LogP contribution in [0.15, 0.2) is 66.7 Å². The van der Waals surface area contributed by atoms with Crippen LogP contribution in [0.4, 0.5) is 0 Å². The van der Waals surface area contributed by atoms with Gasteiger partial charge >= 0.3 is 0 Å². The first-order valence-electron chi connectivity index (χ1n) is 6.30. The van der Waals surface area contributed by atoms with Crippen molar-refractivity contribution in [1.29, 1.82) is 0 Å². The molecule has 0 saturated carbocycles. The Morgan fingerprint density at radius 3 is 2.44 bits per heavy atom. The highest BCUT2D eigenvalue weighted by atomic mass is 16.5. The predicted molar refractivity (Wildman–Crippen MR) is 76.8 cm³/mol. The summed E-state index contributed by atoms with van der Waals surface area (Å²) < 4.78 is 5.84. The molecular weight excluding hydrogens is 220 g/mol. The summed E-state index contributed by atoms with van der Waals surface area (Å²) in [7, 11) is 0. The lowest BCUT2D eigenvalue weighted by molar-refractivity contribution is 0.326. The molecule has 0 bridgehead atoms. The van der Waals surface area contributed by atoms with E-state index < -0.39 is 0 Å². The van der Waals surface area contributed by atoms with E-state index in [1.54, 1.807) is 0 Å². The van der Waals surface area contributed by atoms with Gasteiger partial charge in [0.05, 0.1) is 6.61 Å². The molecule has 0 aliphatic carbocycles. The van der Waals surface area contributed by atoms with Gasteiger partial charge in [0, 0.05) is 5.56 Å². The van der Waals surface area contributed by atoms with Gasteiger partial charge in [0.2, 0.25) is 0 Å². The molecule has 2 aromatic carbocycles. The molecule has 18 heavy (non-hydrogen) atoms. The van der Waals surface area contributed by atoms with E-state index in [4.69, 9.17) is 4.74 Å². The minimum absolute atomic E-state index is 0.716. The standard InChI is InChI=1S/C17H18O/c1-2-3-9-14-18-17-13-8-7-12-16(17)15-10-5-4-6-11-15/h2-8,10-13H,9,14H2,1H3. The molecule has 0 amide bonds. The Balaban J connectivity index is 2.16. The zero-order valence-corrected chi connectivity index (χ0v) is 10.7. The van der Waals surface area contributed by atoms with E-state index in [0.29, 0.717) is 6.61 Å². The third kappa shape index (κ3) is 3.24. The van der Waals surface area contributed by atoms with Gasteiger partial charge in [-0.25, -0.2) is 0 Å². The highest BCUT2D eigenvalue weighted by Crippen LogP contribution is 2.29. The van der Waals surface area contributed by atoms with Crippen molar-refractivity contribution in [3.63, 3.8) is 0 Å². The highest BCUT2D eigenvalue weighted by molar-refractivity contribution is 5.70. The largest absolute Gasteiger partial charge is 0.493 e. The normalized spacial score (nSPS) is 10.7. The lowest BCUT2D eigenvalue weighted by Crippen LogP contribution is -1.97. The van der Waals surface area contributed by atoms with Crippen molar-refractivity contribution in [3.8, 4) is 16.9 Å². The van der Waals surface area contributed by atoms with E-state index in [2.05, 4.69) is 24.3 Å². The molecule has 1 nitrogen and oxygen atoms in total. The van der Waals surface area contributed by atoms with E-state index in [0.717, 1.165) is 17.7 Å². The maximum absolute atomic E-state index is 5.84. The SMILES string of the molecule is CC=CCCOc1ccccc1-c1ccccc1. The van der Waals surface area contributed by atoms with Gasteiger partial charge in [-0.2, -0.15) is 0 Å². The summed E-state index contributed by atoms with van der Waals surface area (Å²) in [6, 6.07) is 18.5.